The number of rotatable bonds is 2. The molecule has 0 N–H and O–H groups in total. The normalized spacial score (nSPS) is 9.80. The number of aryl methyl sites for hydroxylation is 1. The van der Waals surface area contributed by atoms with Crippen LogP contribution in [0.4, 0.5) is 0 Å². The van der Waals surface area contributed by atoms with Crippen molar-refractivity contribution in [1.29, 1.82) is 0 Å². The Morgan fingerprint density at radius 3 is 2.90 bits per heavy atom. The molecular formula is C8H11NS. The SMILES string of the molecule is CCc1cccnc1CS. The summed E-state index contributed by atoms with van der Waals surface area (Å²) in [5, 5.41) is 0. The van der Waals surface area contributed by atoms with Gasteiger partial charge in [0, 0.05) is 11.9 Å². The second-order valence-electron chi connectivity index (χ2n) is 2.12. The van der Waals surface area contributed by atoms with E-state index in [1.807, 2.05) is 12.3 Å². The van der Waals surface area contributed by atoms with E-state index in [9.17, 15) is 0 Å². The molecule has 10 heavy (non-hydrogen) atoms. The van der Waals surface area contributed by atoms with Gasteiger partial charge in [-0.2, -0.15) is 12.6 Å². The Kier molecular flexibility index (Phi) is 2.75. The lowest BCUT2D eigenvalue weighted by atomic mass is 10.1. The van der Waals surface area contributed by atoms with Crippen LogP contribution >= 0.6 is 12.6 Å². The van der Waals surface area contributed by atoms with Gasteiger partial charge in [0.05, 0.1) is 5.69 Å². The van der Waals surface area contributed by atoms with Gasteiger partial charge in [0.2, 0.25) is 0 Å². The van der Waals surface area contributed by atoms with Crippen LogP contribution in [0.3, 0.4) is 0 Å². The molecule has 0 bridgehead atoms. The van der Waals surface area contributed by atoms with Gasteiger partial charge < -0.3 is 0 Å². The van der Waals surface area contributed by atoms with Gasteiger partial charge in [0.25, 0.3) is 0 Å². The zero-order valence-corrected chi connectivity index (χ0v) is 6.94. The third-order valence-electron chi connectivity index (χ3n) is 1.52. The van der Waals surface area contributed by atoms with E-state index in [1.165, 1.54) is 5.56 Å². The maximum Gasteiger partial charge on any atom is 0.0531 e. The molecule has 54 valence electrons. The van der Waals surface area contributed by atoms with Gasteiger partial charge in [-0.15, -0.1) is 0 Å². The minimum absolute atomic E-state index is 0.740. The van der Waals surface area contributed by atoms with Crippen molar-refractivity contribution in [1.82, 2.24) is 4.98 Å². The molecule has 1 aromatic rings. The summed E-state index contributed by atoms with van der Waals surface area (Å²) in [6.07, 6.45) is 2.86. The van der Waals surface area contributed by atoms with E-state index in [0.29, 0.717) is 0 Å². The quantitative estimate of drug-likeness (QED) is 0.642. The summed E-state index contributed by atoms with van der Waals surface area (Å²) in [5.74, 6) is 0.740. The minimum Gasteiger partial charge on any atom is -0.260 e. The van der Waals surface area contributed by atoms with Crippen molar-refractivity contribution in [2.24, 2.45) is 0 Å². The highest BCUT2D eigenvalue weighted by atomic mass is 32.1. The van der Waals surface area contributed by atoms with Crippen LogP contribution in [0.15, 0.2) is 18.3 Å². The van der Waals surface area contributed by atoms with E-state index >= 15 is 0 Å². The highest BCUT2D eigenvalue weighted by molar-refractivity contribution is 7.79. The highest BCUT2D eigenvalue weighted by Gasteiger charge is 1.96. The Morgan fingerprint density at radius 1 is 1.60 bits per heavy atom. The number of aromatic nitrogens is 1. The minimum atomic E-state index is 0.740. The van der Waals surface area contributed by atoms with Crippen LogP contribution in [0.25, 0.3) is 0 Å². The van der Waals surface area contributed by atoms with Crippen LogP contribution in [0.5, 0.6) is 0 Å². The third-order valence-corrected chi connectivity index (χ3v) is 1.81. The second kappa shape index (κ2) is 3.62. The third kappa shape index (κ3) is 1.51. The lowest BCUT2D eigenvalue weighted by Gasteiger charge is -2.00. The zero-order chi connectivity index (χ0) is 7.40. The molecule has 0 aliphatic heterocycles. The van der Waals surface area contributed by atoms with Gasteiger partial charge >= 0.3 is 0 Å². The Labute approximate surface area is 66.9 Å². The predicted molar refractivity (Wildman–Crippen MR) is 46.3 cm³/mol. The fraction of sp³-hybridized carbons (Fsp3) is 0.375. The smallest absolute Gasteiger partial charge is 0.0531 e. The first-order valence-corrected chi connectivity index (χ1v) is 4.05. The van der Waals surface area contributed by atoms with Gasteiger partial charge in [-0.1, -0.05) is 13.0 Å². The van der Waals surface area contributed by atoms with Crippen molar-refractivity contribution >= 4 is 12.6 Å². The summed E-state index contributed by atoms with van der Waals surface area (Å²) in [5.41, 5.74) is 2.41. The molecular weight excluding hydrogens is 142 g/mol. The molecule has 0 aliphatic rings. The van der Waals surface area contributed by atoms with Gasteiger partial charge in [0.15, 0.2) is 0 Å². The first-order chi connectivity index (χ1) is 4.88. The van der Waals surface area contributed by atoms with E-state index in [1.54, 1.807) is 0 Å². The van der Waals surface area contributed by atoms with E-state index in [4.69, 9.17) is 0 Å². The van der Waals surface area contributed by atoms with E-state index in [-0.39, 0.29) is 0 Å². The van der Waals surface area contributed by atoms with E-state index in [0.717, 1.165) is 17.9 Å². The van der Waals surface area contributed by atoms with Crippen molar-refractivity contribution in [2.45, 2.75) is 19.1 Å². The molecule has 0 aromatic carbocycles. The molecule has 0 aliphatic carbocycles. The number of hydrogen-bond acceptors (Lipinski definition) is 2. The Bertz CT molecular complexity index is 187. The maximum absolute atomic E-state index is 4.19. The molecule has 1 aromatic heterocycles. The maximum atomic E-state index is 4.19. The summed E-state index contributed by atoms with van der Waals surface area (Å²) in [7, 11) is 0. The van der Waals surface area contributed by atoms with Gasteiger partial charge in [-0.25, -0.2) is 0 Å². The molecule has 1 heterocycles. The highest BCUT2D eigenvalue weighted by Crippen LogP contribution is 2.07. The van der Waals surface area contributed by atoms with Crippen molar-refractivity contribution in [2.75, 3.05) is 0 Å². The van der Waals surface area contributed by atoms with E-state index in [2.05, 4.69) is 30.6 Å². The predicted octanol–water partition coefficient (Wildman–Crippen LogP) is 2.07. The summed E-state index contributed by atoms with van der Waals surface area (Å²) in [6.45, 7) is 2.13. The molecule has 0 radical (unpaired) electrons. The van der Waals surface area contributed by atoms with Crippen LogP contribution < -0.4 is 0 Å². The van der Waals surface area contributed by atoms with Crippen molar-refractivity contribution < 1.29 is 0 Å². The van der Waals surface area contributed by atoms with Crippen LogP contribution in [0.1, 0.15) is 18.2 Å². The van der Waals surface area contributed by atoms with Crippen LogP contribution in [0.2, 0.25) is 0 Å². The standard InChI is InChI=1S/C8H11NS/c1-2-7-4-3-5-9-8(7)6-10/h3-5,10H,2,6H2,1H3. The number of hydrogen-bond donors (Lipinski definition) is 1. The Hall–Kier alpha value is -0.500. The van der Waals surface area contributed by atoms with Gasteiger partial charge in [-0.3, -0.25) is 4.98 Å². The molecule has 1 nitrogen and oxygen atoms in total. The van der Waals surface area contributed by atoms with Crippen molar-refractivity contribution in [3.05, 3.63) is 29.6 Å². The topological polar surface area (TPSA) is 12.9 Å². The fourth-order valence-corrected chi connectivity index (χ4v) is 1.22. The van der Waals surface area contributed by atoms with Crippen LogP contribution in [0, 0.1) is 0 Å². The summed E-state index contributed by atoms with van der Waals surface area (Å²) < 4.78 is 0. The molecule has 0 saturated heterocycles. The molecule has 0 atom stereocenters. The lowest BCUT2D eigenvalue weighted by molar-refractivity contribution is 1.04. The molecule has 0 spiro atoms. The molecule has 0 unspecified atom stereocenters. The van der Waals surface area contributed by atoms with Crippen LogP contribution in [-0.2, 0) is 12.2 Å². The molecule has 0 amide bonds. The molecule has 0 saturated carbocycles. The number of nitrogens with zero attached hydrogens (tertiary/aromatic N) is 1. The fourth-order valence-electron chi connectivity index (χ4n) is 0.936. The zero-order valence-electron chi connectivity index (χ0n) is 6.04. The summed E-state index contributed by atoms with van der Waals surface area (Å²) in [4.78, 5) is 4.19. The average Bonchev–Trinajstić information content (AvgIpc) is 2.04. The summed E-state index contributed by atoms with van der Waals surface area (Å²) >= 11 is 4.17. The monoisotopic (exact) mass is 153 g/mol. The first-order valence-electron chi connectivity index (χ1n) is 3.42. The van der Waals surface area contributed by atoms with Crippen LogP contribution in [-0.4, -0.2) is 4.98 Å². The van der Waals surface area contributed by atoms with Gasteiger partial charge in [-0.05, 0) is 18.1 Å². The molecule has 2 heteroatoms. The van der Waals surface area contributed by atoms with Crippen molar-refractivity contribution in [3.63, 3.8) is 0 Å². The lowest BCUT2D eigenvalue weighted by Crippen LogP contribution is -1.91. The van der Waals surface area contributed by atoms with Crippen molar-refractivity contribution in [3.8, 4) is 0 Å². The van der Waals surface area contributed by atoms with Gasteiger partial charge in [0.1, 0.15) is 0 Å². The van der Waals surface area contributed by atoms with E-state index < -0.39 is 0 Å². The summed E-state index contributed by atoms with van der Waals surface area (Å²) in [6, 6.07) is 4.06. The second-order valence-corrected chi connectivity index (χ2v) is 2.44. The largest absolute Gasteiger partial charge is 0.260 e. The first kappa shape index (κ1) is 7.61. The molecule has 1 rings (SSSR count). The molecule has 0 fully saturated rings. The Balaban J connectivity index is 2.96. The number of thiol groups is 1. The number of pyridine rings is 1. The average molecular weight is 153 g/mol. The Morgan fingerprint density at radius 2 is 2.40 bits per heavy atom.